The van der Waals surface area contributed by atoms with E-state index in [9.17, 15) is 4.79 Å². The van der Waals surface area contributed by atoms with Gasteiger partial charge in [0.15, 0.2) is 0 Å². The second-order valence-corrected chi connectivity index (χ2v) is 6.06. The molecule has 2 rings (SSSR count). The number of hydrogen-bond acceptors (Lipinski definition) is 4. The summed E-state index contributed by atoms with van der Waals surface area (Å²) in [5.74, 6) is 1.06. The highest BCUT2D eigenvalue weighted by Crippen LogP contribution is 2.12. The number of aryl methyl sites for hydroxylation is 1. The van der Waals surface area contributed by atoms with E-state index in [0.29, 0.717) is 13.0 Å². The number of amides is 1. The summed E-state index contributed by atoms with van der Waals surface area (Å²) in [6.45, 7) is 8.67. The van der Waals surface area contributed by atoms with Crippen LogP contribution < -0.4 is 15.4 Å². The van der Waals surface area contributed by atoms with E-state index in [1.807, 2.05) is 18.2 Å². The standard InChI is InChI=1S/C18H29N3O2/c1-16-5-4-6-17(15-16)23-14-3-2-7-18(22)20-10-13-21-11-8-19-9-12-21/h4-6,15,19H,2-3,7-14H2,1H3,(H,20,22). The molecule has 2 N–H and O–H groups in total. The summed E-state index contributed by atoms with van der Waals surface area (Å²) in [7, 11) is 0. The number of piperazine rings is 1. The topological polar surface area (TPSA) is 53.6 Å². The van der Waals surface area contributed by atoms with Crippen molar-refractivity contribution in [1.29, 1.82) is 0 Å². The first-order valence-electron chi connectivity index (χ1n) is 8.63. The van der Waals surface area contributed by atoms with Gasteiger partial charge in [0.2, 0.25) is 5.91 Å². The predicted octanol–water partition coefficient (Wildman–Crippen LogP) is 1.57. The zero-order valence-corrected chi connectivity index (χ0v) is 14.1. The molecule has 0 spiro atoms. The Bertz CT molecular complexity index is 473. The van der Waals surface area contributed by atoms with Crippen LogP contribution >= 0.6 is 0 Å². The molecule has 1 aliphatic rings. The number of rotatable bonds is 9. The maximum atomic E-state index is 11.8. The van der Waals surface area contributed by atoms with Gasteiger partial charge in [0.05, 0.1) is 6.61 Å². The third-order valence-corrected chi connectivity index (χ3v) is 4.02. The number of nitrogens with one attached hydrogen (secondary N) is 2. The van der Waals surface area contributed by atoms with Gasteiger partial charge in [-0.2, -0.15) is 0 Å². The molecule has 0 bridgehead atoms. The molecule has 1 heterocycles. The Morgan fingerprint density at radius 3 is 2.91 bits per heavy atom. The summed E-state index contributed by atoms with van der Waals surface area (Å²) in [6, 6.07) is 8.05. The van der Waals surface area contributed by atoms with Gasteiger partial charge >= 0.3 is 0 Å². The van der Waals surface area contributed by atoms with Crippen molar-refractivity contribution in [3.63, 3.8) is 0 Å². The van der Waals surface area contributed by atoms with Crippen molar-refractivity contribution in [2.75, 3.05) is 45.9 Å². The summed E-state index contributed by atoms with van der Waals surface area (Å²) >= 11 is 0. The Labute approximate surface area is 139 Å². The minimum Gasteiger partial charge on any atom is -0.494 e. The lowest BCUT2D eigenvalue weighted by molar-refractivity contribution is -0.121. The van der Waals surface area contributed by atoms with Gasteiger partial charge in [0, 0.05) is 45.7 Å². The first-order chi connectivity index (χ1) is 11.2. The zero-order valence-electron chi connectivity index (χ0n) is 14.1. The van der Waals surface area contributed by atoms with Gasteiger partial charge in [-0.25, -0.2) is 0 Å². The van der Waals surface area contributed by atoms with Crippen molar-refractivity contribution in [3.05, 3.63) is 29.8 Å². The molecule has 0 aromatic heterocycles. The van der Waals surface area contributed by atoms with Gasteiger partial charge in [0.25, 0.3) is 0 Å². The number of nitrogens with zero attached hydrogens (tertiary/aromatic N) is 1. The van der Waals surface area contributed by atoms with E-state index in [1.165, 1.54) is 5.56 Å². The fraction of sp³-hybridized carbons (Fsp3) is 0.611. The Kier molecular flexibility index (Phi) is 7.90. The largest absolute Gasteiger partial charge is 0.494 e. The number of carbonyl (C=O) groups is 1. The first-order valence-corrected chi connectivity index (χ1v) is 8.63. The molecule has 23 heavy (non-hydrogen) atoms. The molecule has 0 aliphatic carbocycles. The lowest BCUT2D eigenvalue weighted by atomic mass is 10.2. The van der Waals surface area contributed by atoms with Crippen LogP contribution in [-0.4, -0.2) is 56.7 Å². The van der Waals surface area contributed by atoms with E-state index < -0.39 is 0 Å². The summed E-state index contributed by atoms with van der Waals surface area (Å²) in [5.41, 5.74) is 1.20. The molecular formula is C18H29N3O2. The van der Waals surface area contributed by atoms with Crippen LogP contribution in [0.5, 0.6) is 5.75 Å². The molecule has 1 saturated heterocycles. The fourth-order valence-corrected chi connectivity index (χ4v) is 2.66. The minimum absolute atomic E-state index is 0.149. The molecule has 0 saturated carbocycles. The molecule has 5 nitrogen and oxygen atoms in total. The van der Waals surface area contributed by atoms with Gasteiger partial charge in [-0.15, -0.1) is 0 Å². The van der Waals surface area contributed by atoms with Crippen molar-refractivity contribution in [1.82, 2.24) is 15.5 Å². The van der Waals surface area contributed by atoms with Crippen molar-refractivity contribution in [2.45, 2.75) is 26.2 Å². The summed E-state index contributed by atoms with van der Waals surface area (Å²) in [5, 5.41) is 6.33. The van der Waals surface area contributed by atoms with Crippen LogP contribution in [0, 0.1) is 6.92 Å². The molecule has 128 valence electrons. The van der Waals surface area contributed by atoms with Gasteiger partial charge in [-0.1, -0.05) is 12.1 Å². The predicted molar refractivity (Wildman–Crippen MR) is 92.8 cm³/mol. The van der Waals surface area contributed by atoms with Gasteiger partial charge in [0.1, 0.15) is 5.75 Å². The smallest absolute Gasteiger partial charge is 0.220 e. The van der Waals surface area contributed by atoms with Crippen LogP contribution in [-0.2, 0) is 4.79 Å². The van der Waals surface area contributed by atoms with E-state index in [0.717, 1.165) is 57.9 Å². The van der Waals surface area contributed by atoms with Crippen molar-refractivity contribution in [3.8, 4) is 5.75 Å². The van der Waals surface area contributed by atoms with Crippen molar-refractivity contribution >= 4 is 5.91 Å². The van der Waals surface area contributed by atoms with Crippen molar-refractivity contribution in [2.24, 2.45) is 0 Å². The molecule has 0 unspecified atom stereocenters. The van der Waals surface area contributed by atoms with Gasteiger partial charge in [-0.05, 0) is 37.5 Å². The van der Waals surface area contributed by atoms with E-state index in [4.69, 9.17) is 4.74 Å². The van der Waals surface area contributed by atoms with Crippen molar-refractivity contribution < 1.29 is 9.53 Å². The molecule has 1 aromatic carbocycles. The Hall–Kier alpha value is -1.59. The van der Waals surface area contributed by atoms with E-state index in [-0.39, 0.29) is 5.91 Å². The summed E-state index contributed by atoms with van der Waals surface area (Å²) in [6.07, 6.45) is 2.35. The normalized spacial score (nSPS) is 15.3. The van der Waals surface area contributed by atoms with Gasteiger partial charge in [-0.3, -0.25) is 9.69 Å². The monoisotopic (exact) mass is 319 g/mol. The zero-order chi connectivity index (χ0) is 16.3. The van der Waals surface area contributed by atoms with Crippen LogP contribution in [0.1, 0.15) is 24.8 Å². The molecule has 0 radical (unpaired) electrons. The van der Waals surface area contributed by atoms with Gasteiger partial charge < -0.3 is 15.4 Å². The minimum atomic E-state index is 0.149. The SMILES string of the molecule is Cc1cccc(OCCCCC(=O)NCCN2CCNCC2)c1. The molecular weight excluding hydrogens is 290 g/mol. The second kappa shape index (κ2) is 10.2. The molecule has 1 amide bonds. The number of ether oxygens (including phenoxy) is 1. The Morgan fingerprint density at radius 2 is 2.13 bits per heavy atom. The third kappa shape index (κ3) is 7.48. The summed E-state index contributed by atoms with van der Waals surface area (Å²) in [4.78, 5) is 14.2. The average molecular weight is 319 g/mol. The summed E-state index contributed by atoms with van der Waals surface area (Å²) < 4.78 is 5.68. The Balaban J connectivity index is 1.46. The van der Waals surface area contributed by atoms with E-state index in [1.54, 1.807) is 0 Å². The first kappa shape index (κ1) is 17.8. The molecule has 1 aliphatic heterocycles. The van der Waals surface area contributed by atoms with E-state index >= 15 is 0 Å². The highest BCUT2D eigenvalue weighted by atomic mass is 16.5. The number of carbonyl (C=O) groups excluding carboxylic acids is 1. The quantitative estimate of drug-likeness (QED) is 0.678. The van der Waals surface area contributed by atoms with Crippen LogP contribution in [0.2, 0.25) is 0 Å². The molecule has 5 heteroatoms. The molecule has 1 fully saturated rings. The average Bonchev–Trinajstić information content (AvgIpc) is 2.55. The van der Waals surface area contributed by atoms with Crippen LogP contribution in [0.25, 0.3) is 0 Å². The maximum absolute atomic E-state index is 11.8. The second-order valence-electron chi connectivity index (χ2n) is 6.06. The van der Waals surface area contributed by atoms with Crippen LogP contribution in [0.15, 0.2) is 24.3 Å². The number of hydrogen-bond donors (Lipinski definition) is 2. The van der Waals surface area contributed by atoms with Crippen LogP contribution in [0.4, 0.5) is 0 Å². The number of benzene rings is 1. The molecule has 1 aromatic rings. The maximum Gasteiger partial charge on any atom is 0.220 e. The van der Waals surface area contributed by atoms with E-state index in [2.05, 4.69) is 28.5 Å². The highest BCUT2D eigenvalue weighted by Gasteiger charge is 2.09. The number of unbranched alkanes of at least 4 members (excludes halogenated alkanes) is 1. The van der Waals surface area contributed by atoms with Crippen LogP contribution in [0.3, 0.4) is 0 Å². The highest BCUT2D eigenvalue weighted by molar-refractivity contribution is 5.75. The Morgan fingerprint density at radius 1 is 1.30 bits per heavy atom. The lowest BCUT2D eigenvalue weighted by Gasteiger charge is -2.27. The fourth-order valence-electron chi connectivity index (χ4n) is 2.66. The molecule has 0 atom stereocenters. The third-order valence-electron chi connectivity index (χ3n) is 4.02. The lowest BCUT2D eigenvalue weighted by Crippen LogP contribution is -2.46.